The van der Waals surface area contributed by atoms with Crippen molar-refractivity contribution in [3.63, 3.8) is 0 Å². The molecule has 4 rings (SSSR count). The van der Waals surface area contributed by atoms with Crippen LogP contribution in [0, 0.1) is 13.8 Å². The molecule has 1 unspecified atom stereocenters. The quantitative estimate of drug-likeness (QED) is 0.712. The highest BCUT2D eigenvalue weighted by Crippen LogP contribution is 2.28. The molecule has 2 aromatic heterocycles. The van der Waals surface area contributed by atoms with Gasteiger partial charge in [-0.05, 0) is 43.2 Å². The normalized spacial score (nSPS) is 13.9. The predicted octanol–water partition coefficient (Wildman–Crippen LogP) is 1.23. The summed E-state index contributed by atoms with van der Waals surface area (Å²) in [6.45, 7) is 4.21. The summed E-state index contributed by atoms with van der Waals surface area (Å²) >= 11 is 0. The van der Waals surface area contributed by atoms with Gasteiger partial charge in [-0.1, -0.05) is 6.07 Å². The molecule has 0 bridgehead atoms. The average Bonchev–Trinajstić information content (AvgIpc) is 3.25. The Kier molecular flexibility index (Phi) is 3.98. The number of carbonyl (C=O) groups excluding carboxylic acids is 1. The van der Waals surface area contributed by atoms with E-state index in [1.165, 1.54) is 4.52 Å². The van der Waals surface area contributed by atoms with Crippen LogP contribution in [-0.4, -0.2) is 43.2 Å². The third-order valence-electron chi connectivity index (χ3n) is 4.39. The van der Waals surface area contributed by atoms with Gasteiger partial charge in [-0.2, -0.15) is 4.98 Å². The summed E-state index contributed by atoms with van der Waals surface area (Å²) in [4.78, 5) is 32.6. The molecule has 1 atom stereocenters. The highest BCUT2D eigenvalue weighted by molar-refractivity contribution is 5.94. The molecule has 0 saturated heterocycles. The lowest BCUT2D eigenvalue weighted by molar-refractivity contribution is -0.139. The maximum absolute atomic E-state index is 12.6. The molecule has 2 N–H and O–H groups in total. The van der Waals surface area contributed by atoms with Crippen molar-refractivity contribution in [2.45, 2.75) is 26.3 Å². The van der Waals surface area contributed by atoms with Crippen molar-refractivity contribution in [1.82, 2.24) is 24.9 Å². The zero-order valence-corrected chi connectivity index (χ0v) is 14.8. The Balaban J connectivity index is 1.63. The first kappa shape index (κ1) is 17.0. The van der Waals surface area contributed by atoms with Gasteiger partial charge < -0.3 is 15.2 Å². The van der Waals surface area contributed by atoms with Crippen LogP contribution in [0.5, 0.6) is 5.75 Å². The van der Waals surface area contributed by atoms with Crippen LogP contribution in [0.25, 0.3) is 5.78 Å². The number of hydrogen-bond acceptors (Lipinski definition) is 6. The molecule has 3 heterocycles. The number of fused-ring (bicyclic) bond motifs is 2. The first-order valence-electron chi connectivity index (χ1n) is 8.42. The maximum atomic E-state index is 12.6. The highest BCUT2D eigenvalue weighted by atomic mass is 16.5. The molecule has 0 radical (unpaired) electrons. The molecular formula is C18H17N5O4. The number of carboxylic acids is 1. The zero-order valence-electron chi connectivity index (χ0n) is 14.8. The lowest BCUT2D eigenvalue weighted by Gasteiger charge is -2.14. The minimum atomic E-state index is -1.22. The van der Waals surface area contributed by atoms with E-state index >= 15 is 0 Å². The number of rotatable bonds is 4. The van der Waals surface area contributed by atoms with Crippen molar-refractivity contribution < 1.29 is 19.4 Å². The van der Waals surface area contributed by atoms with E-state index in [0.29, 0.717) is 24.4 Å². The number of amides is 1. The summed E-state index contributed by atoms with van der Waals surface area (Å²) in [7, 11) is 0. The number of hydrogen-bond donors (Lipinski definition) is 2. The fraction of sp³-hybridized carbons (Fsp3) is 0.278. The first-order valence-corrected chi connectivity index (χ1v) is 8.42. The lowest BCUT2D eigenvalue weighted by Crippen LogP contribution is -2.34. The largest absolute Gasteiger partial charge is 0.493 e. The number of nitrogens with zero attached hydrogens (tertiary/aromatic N) is 4. The van der Waals surface area contributed by atoms with Gasteiger partial charge in [-0.15, -0.1) is 5.10 Å². The maximum Gasteiger partial charge on any atom is 0.330 e. The van der Waals surface area contributed by atoms with Gasteiger partial charge in [0, 0.05) is 17.8 Å². The first-order chi connectivity index (χ1) is 12.9. The Bertz CT molecular complexity index is 1080. The van der Waals surface area contributed by atoms with E-state index in [0.717, 1.165) is 22.7 Å². The number of nitrogens with one attached hydrogen (secondary N) is 1. The number of aliphatic carboxylic acids is 1. The summed E-state index contributed by atoms with van der Waals surface area (Å²) in [6.07, 6.45) is 0.710. The molecule has 1 aliphatic heterocycles. The van der Waals surface area contributed by atoms with Gasteiger partial charge in [0.2, 0.25) is 5.82 Å². The number of carboxylic acid groups (broad SMARTS) is 1. The number of ether oxygens (including phenoxy) is 1. The smallest absolute Gasteiger partial charge is 0.330 e. The van der Waals surface area contributed by atoms with Crippen molar-refractivity contribution in [2.24, 2.45) is 0 Å². The predicted molar refractivity (Wildman–Crippen MR) is 93.7 cm³/mol. The van der Waals surface area contributed by atoms with E-state index in [1.54, 1.807) is 18.2 Å². The third kappa shape index (κ3) is 3.07. The number of aromatic nitrogens is 4. The second-order valence-electron chi connectivity index (χ2n) is 6.40. The third-order valence-corrected chi connectivity index (χ3v) is 4.39. The van der Waals surface area contributed by atoms with Gasteiger partial charge in [0.25, 0.3) is 11.7 Å². The molecule has 3 aromatic rings. The Morgan fingerprint density at radius 3 is 2.85 bits per heavy atom. The molecular weight excluding hydrogens is 350 g/mol. The van der Waals surface area contributed by atoms with Gasteiger partial charge >= 0.3 is 5.97 Å². The summed E-state index contributed by atoms with van der Waals surface area (Å²) < 4.78 is 6.88. The van der Waals surface area contributed by atoms with Crippen molar-refractivity contribution in [3.8, 4) is 5.75 Å². The molecule has 0 aliphatic carbocycles. The molecule has 1 aliphatic rings. The van der Waals surface area contributed by atoms with Crippen molar-refractivity contribution >= 4 is 17.7 Å². The Labute approximate surface area is 154 Å². The highest BCUT2D eigenvalue weighted by Gasteiger charge is 2.26. The van der Waals surface area contributed by atoms with E-state index < -0.39 is 17.9 Å². The second-order valence-corrected chi connectivity index (χ2v) is 6.40. The monoisotopic (exact) mass is 367 g/mol. The molecule has 27 heavy (non-hydrogen) atoms. The molecule has 9 heteroatoms. The van der Waals surface area contributed by atoms with Crippen LogP contribution in [0.2, 0.25) is 0 Å². The SMILES string of the molecule is Cc1cc(C)n2nc(C(=O)NC(C(=O)O)c3ccc4c(c3)CCO4)nc2n1. The van der Waals surface area contributed by atoms with Crippen LogP contribution in [0.4, 0.5) is 0 Å². The fourth-order valence-corrected chi connectivity index (χ4v) is 3.13. The molecule has 1 aromatic carbocycles. The molecule has 0 spiro atoms. The van der Waals surface area contributed by atoms with E-state index in [9.17, 15) is 14.7 Å². The fourth-order valence-electron chi connectivity index (χ4n) is 3.13. The van der Waals surface area contributed by atoms with Crippen LogP contribution < -0.4 is 10.1 Å². The summed E-state index contributed by atoms with van der Waals surface area (Å²) in [5, 5.41) is 16.2. The van der Waals surface area contributed by atoms with E-state index in [4.69, 9.17) is 4.74 Å². The van der Waals surface area contributed by atoms with Gasteiger partial charge in [0.05, 0.1) is 6.61 Å². The zero-order chi connectivity index (χ0) is 19.1. The summed E-state index contributed by atoms with van der Waals surface area (Å²) in [5.74, 6) is -0.947. The molecule has 0 saturated carbocycles. The van der Waals surface area contributed by atoms with Crippen LogP contribution >= 0.6 is 0 Å². The van der Waals surface area contributed by atoms with Gasteiger partial charge in [-0.3, -0.25) is 4.79 Å². The van der Waals surface area contributed by atoms with Crippen molar-refractivity contribution in [3.05, 3.63) is 52.6 Å². The van der Waals surface area contributed by atoms with Crippen molar-refractivity contribution in [2.75, 3.05) is 6.61 Å². The lowest BCUT2D eigenvalue weighted by atomic mass is 10.0. The molecule has 9 nitrogen and oxygen atoms in total. The van der Waals surface area contributed by atoms with Crippen LogP contribution in [0.1, 0.15) is 39.2 Å². The van der Waals surface area contributed by atoms with Crippen LogP contribution in [-0.2, 0) is 11.2 Å². The van der Waals surface area contributed by atoms with Gasteiger partial charge in [-0.25, -0.2) is 14.3 Å². The van der Waals surface area contributed by atoms with E-state index in [2.05, 4.69) is 20.4 Å². The van der Waals surface area contributed by atoms with Crippen LogP contribution in [0.15, 0.2) is 24.3 Å². The van der Waals surface area contributed by atoms with Gasteiger partial charge in [0.15, 0.2) is 6.04 Å². The van der Waals surface area contributed by atoms with E-state index in [1.807, 2.05) is 19.9 Å². The van der Waals surface area contributed by atoms with Gasteiger partial charge in [0.1, 0.15) is 5.75 Å². The Morgan fingerprint density at radius 1 is 1.26 bits per heavy atom. The Hall–Kier alpha value is -3.49. The minimum absolute atomic E-state index is 0.132. The number of carbonyl (C=O) groups is 2. The summed E-state index contributed by atoms with van der Waals surface area (Å²) in [5.41, 5.74) is 2.92. The minimum Gasteiger partial charge on any atom is -0.493 e. The van der Waals surface area contributed by atoms with Crippen molar-refractivity contribution in [1.29, 1.82) is 0 Å². The second kappa shape index (κ2) is 6.35. The van der Waals surface area contributed by atoms with E-state index in [-0.39, 0.29) is 5.82 Å². The number of benzene rings is 1. The standard InChI is InChI=1S/C18H17N5O4/c1-9-7-10(2)23-18(19-9)21-15(22-23)16(24)20-14(17(25)26)12-3-4-13-11(8-12)5-6-27-13/h3-4,7-8,14H,5-6H2,1-2H3,(H,20,24)(H,25,26). The Morgan fingerprint density at radius 2 is 2.07 bits per heavy atom. The molecule has 138 valence electrons. The molecule has 0 fully saturated rings. The topological polar surface area (TPSA) is 119 Å². The summed E-state index contributed by atoms with van der Waals surface area (Å²) in [6, 6.07) is 5.70. The number of aryl methyl sites for hydroxylation is 2. The van der Waals surface area contributed by atoms with Crippen LogP contribution in [0.3, 0.4) is 0 Å². The average molecular weight is 367 g/mol. The molecule has 1 amide bonds.